The molecule has 0 radical (unpaired) electrons. The minimum Gasteiger partial charge on any atom is -0.501 e. The van der Waals surface area contributed by atoms with Crippen LogP contribution in [-0.2, 0) is 11.4 Å². The molecule has 8 heteroatoms. The molecule has 0 spiro atoms. The summed E-state index contributed by atoms with van der Waals surface area (Å²) in [4.78, 5) is 10.8. The van der Waals surface area contributed by atoms with Crippen molar-refractivity contribution in [2.75, 3.05) is 12.8 Å². The third kappa shape index (κ3) is 8.25. The van der Waals surface area contributed by atoms with E-state index in [-0.39, 0.29) is 63.0 Å². The zero-order chi connectivity index (χ0) is 24.5. The average Bonchev–Trinajstić information content (AvgIpc) is 3.41. The van der Waals surface area contributed by atoms with Gasteiger partial charge in [-0.25, -0.2) is 8.78 Å². The van der Waals surface area contributed by atoms with Crippen LogP contribution in [0, 0.1) is 17.7 Å². The Balaban J connectivity index is 0.000000409. The molecular weight excluding hydrogens is 495 g/mol. The number of ether oxygens (including phenoxy) is 1. The number of thioether (sulfide) groups is 1. The smallest absolute Gasteiger partial charge is 0.501 e. The molecule has 0 aromatic heterocycles. The van der Waals surface area contributed by atoms with Gasteiger partial charge in [0.2, 0.25) is 0 Å². The second-order valence-corrected chi connectivity index (χ2v) is 8.40. The Morgan fingerprint density at radius 1 is 1.31 bits per heavy atom. The zero-order valence-electron chi connectivity index (χ0n) is 19.8. The normalized spacial score (nSPS) is 14.3. The molecule has 2 N–H and O–H groups in total. The van der Waals surface area contributed by atoms with E-state index in [9.17, 15) is 13.6 Å². The van der Waals surface area contributed by atoms with Crippen molar-refractivity contribution >= 4 is 23.8 Å². The Morgan fingerprint density at radius 3 is 2.57 bits per heavy atom. The van der Waals surface area contributed by atoms with Gasteiger partial charge in [0.1, 0.15) is 11.8 Å². The SMILES string of the molecule is C=Cc1c(F)c(F)cc(-c2ccc(OCc3c[c-]ccc3)cc2)c1SC.O=C(O)C1CCCN1.[K+]. The maximum atomic E-state index is 14.0. The summed E-state index contributed by atoms with van der Waals surface area (Å²) in [6, 6.07) is 18.9. The molecule has 1 unspecified atom stereocenters. The summed E-state index contributed by atoms with van der Waals surface area (Å²) in [7, 11) is 0. The molecule has 3 aromatic rings. The Morgan fingerprint density at radius 2 is 2.06 bits per heavy atom. The van der Waals surface area contributed by atoms with Crippen LogP contribution in [0.2, 0.25) is 0 Å². The predicted octanol–water partition coefficient (Wildman–Crippen LogP) is 3.20. The molecule has 0 aliphatic carbocycles. The number of carboxylic acid groups (broad SMARTS) is 1. The minimum absolute atomic E-state index is 0. The van der Waals surface area contributed by atoms with Gasteiger partial charge in [0.05, 0.1) is 6.61 Å². The van der Waals surface area contributed by atoms with Crippen LogP contribution in [0.25, 0.3) is 17.2 Å². The van der Waals surface area contributed by atoms with Gasteiger partial charge in [-0.2, -0.15) is 30.3 Å². The number of hydrogen-bond donors (Lipinski definition) is 2. The summed E-state index contributed by atoms with van der Waals surface area (Å²) < 4.78 is 33.7. The Hall–Kier alpha value is -1.52. The van der Waals surface area contributed by atoms with E-state index in [1.807, 2.05) is 54.8 Å². The molecular formula is C27H26F2KNO3S. The fourth-order valence-electron chi connectivity index (χ4n) is 3.56. The largest absolute Gasteiger partial charge is 1.00 e. The molecule has 3 aromatic carbocycles. The number of carboxylic acids is 1. The van der Waals surface area contributed by atoms with Crippen LogP contribution < -0.4 is 61.4 Å². The average molecular weight is 522 g/mol. The Labute approximate surface area is 251 Å². The fraction of sp³-hybridized carbons (Fsp3) is 0.222. The van der Waals surface area contributed by atoms with Gasteiger partial charge in [0.25, 0.3) is 0 Å². The fourth-order valence-corrected chi connectivity index (χ4v) is 4.35. The van der Waals surface area contributed by atoms with Crippen LogP contribution in [0.5, 0.6) is 5.75 Å². The van der Waals surface area contributed by atoms with E-state index in [4.69, 9.17) is 9.84 Å². The molecule has 1 aliphatic heterocycles. The molecule has 1 fully saturated rings. The van der Waals surface area contributed by atoms with E-state index < -0.39 is 17.6 Å². The number of halogens is 2. The first kappa shape index (κ1) is 29.7. The van der Waals surface area contributed by atoms with Crippen molar-refractivity contribution < 1.29 is 74.8 Å². The Bertz CT molecular complexity index is 1120. The van der Waals surface area contributed by atoms with Crippen molar-refractivity contribution in [3.8, 4) is 16.9 Å². The van der Waals surface area contributed by atoms with Crippen molar-refractivity contribution in [3.63, 3.8) is 0 Å². The van der Waals surface area contributed by atoms with Crippen molar-refractivity contribution in [2.45, 2.75) is 30.4 Å². The molecule has 1 saturated heterocycles. The van der Waals surface area contributed by atoms with E-state index >= 15 is 0 Å². The molecule has 4 nitrogen and oxygen atoms in total. The monoisotopic (exact) mass is 521 g/mol. The van der Waals surface area contributed by atoms with E-state index in [1.165, 1.54) is 23.9 Å². The molecule has 0 amide bonds. The summed E-state index contributed by atoms with van der Waals surface area (Å²) in [5.41, 5.74) is 2.64. The summed E-state index contributed by atoms with van der Waals surface area (Å²) in [5.74, 6) is -1.77. The standard InChI is InChI=1S/C22H17F2OS.C5H9NO2.K/c1-3-18-21(24)20(23)13-19(22(18)26-2)16-9-11-17(12-10-16)25-14-15-7-5-4-6-8-15;7-5(8)4-2-1-3-6-4;/h3-5,7-13H,1,14H2,2H3;4,6H,1-3H2,(H,7,8);/q-1;;+1. The number of aliphatic carboxylic acids is 1. The van der Waals surface area contributed by atoms with Gasteiger partial charge in [0, 0.05) is 10.5 Å². The van der Waals surface area contributed by atoms with Crippen LogP contribution in [-0.4, -0.2) is 29.9 Å². The first-order valence-corrected chi connectivity index (χ1v) is 12.0. The van der Waals surface area contributed by atoms with Gasteiger partial charge in [-0.3, -0.25) is 4.79 Å². The molecule has 4 rings (SSSR count). The van der Waals surface area contributed by atoms with E-state index in [0.29, 0.717) is 22.8 Å². The van der Waals surface area contributed by atoms with Crippen molar-refractivity contribution in [2.24, 2.45) is 0 Å². The van der Waals surface area contributed by atoms with Crippen LogP contribution in [0.4, 0.5) is 8.78 Å². The van der Waals surface area contributed by atoms with Crippen molar-refractivity contribution in [1.29, 1.82) is 0 Å². The second-order valence-electron chi connectivity index (χ2n) is 7.58. The number of benzene rings is 3. The number of hydrogen-bond acceptors (Lipinski definition) is 4. The van der Waals surface area contributed by atoms with Gasteiger partial charge in [-0.15, -0.1) is 17.3 Å². The van der Waals surface area contributed by atoms with Crippen LogP contribution in [0.1, 0.15) is 24.0 Å². The quantitative estimate of drug-likeness (QED) is 0.284. The van der Waals surface area contributed by atoms with E-state index in [1.54, 1.807) is 0 Å². The van der Waals surface area contributed by atoms with Gasteiger partial charge in [0.15, 0.2) is 11.6 Å². The van der Waals surface area contributed by atoms with Gasteiger partial charge in [-0.05, 0) is 55.0 Å². The maximum Gasteiger partial charge on any atom is 1.00 e. The predicted molar refractivity (Wildman–Crippen MR) is 132 cm³/mol. The zero-order valence-corrected chi connectivity index (χ0v) is 23.8. The summed E-state index contributed by atoms with van der Waals surface area (Å²) >= 11 is 1.36. The molecule has 1 atom stereocenters. The Kier molecular flexibility index (Phi) is 12.6. The molecule has 0 saturated carbocycles. The molecule has 0 bridgehead atoms. The molecule has 35 heavy (non-hydrogen) atoms. The molecule has 1 aliphatic rings. The summed E-state index contributed by atoms with van der Waals surface area (Å²) in [6.45, 7) is 4.90. The third-order valence-electron chi connectivity index (χ3n) is 5.32. The molecule has 1 heterocycles. The van der Waals surface area contributed by atoms with Gasteiger partial charge in [-0.1, -0.05) is 24.8 Å². The summed E-state index contributed by atoms with van der Waals surface area (Å²) in [6.07, 6.45) is 4.96. The first-order chi connectivity index (χ1) is 16.4. The second kappa shape index (κ2) is 14.9. The number of nitrogens with one attached hydrogen (secondary N) is 1. The van der Waals surface area contributed by atoms with Crippen LogP contribution in [0.15, 0.2) is 66.1 Å². The van der Waals surface area contributed by atoms with Gasteiger partial charge >= 0.3 is 57.4 Å². The number of rotatable bonds is 7. The first-order valence-electron chi connectivity index (χ1n) is 10.8. The van der Waals surface area contributed by atoms with Gasteiger partial charge < -0.3 is 15.2 Å². The van der Waals surface area contributed by atoms with Crippen molar-refractivity contribution in [3.05, 3.63) is 90.0 Å². The van der Waals surface area contributed by atoms with E-state index in [2.05, 4.69) is 18.0 Å². The van der Waals surface area contributed by atoms with Crippen molar-refractivity contribution in [1.82, 2.24) is 5.32 Å². The van der Waals surface area contributed by atoms with Crippen LogP contribution in [0.3, 0.4) is 0 Å². The third-order valence-corrected chi connectivity index (χ3v) is 6.16. The molecule has 178 valence electrons. The topological polar surface area (TPSA) is 58.6 Å². The van der Waals surface area contributed by atoms with E-state index in [0.717, 1.165) is 30.5 Å². The number of carbonyl (C=O) groups is 1. The van der Waals surface area contributed by atoms with Crippen LogP contribution >= 0.6 is 11.8 Å². The maximum absolute atomic E-state index is 14.0. The minimum atomic E-state index is -0.881. The summed E-state index contributed by atoms with van der Waals surface area (Å²) in [5, 5.41) is 11.2.